The van der Waals surface area contributed by atoms with E-state index in [1.54, 1.807) is 0 Å². The summed E-state index contributed by atoms with van der Waals surface area (Å²) in [7, 11) is 1.16. The summed E-state index contributed by atoms with van der Waals surface area (Å²) in [4.78, 5) is 47.2. The van der Waals surface area contributed by atoms with E-state index < -0.39 is 23.6 Å². The quantitative estimate of drug-likeness (QED) is 0.0990. The lowest BCUT2D eigenvalue weighted by atomic mass is 10.0. The van der Waals surface area contributed by atoms with Crippen molar-refractivity contribution in [3.05, 3.63) is 47.0 Å². The van der Waals surface area contributed by atoms with Gasteiger partial charge in [-0.15, -0.1) is 6.42 Å². The third kappa shape index (κ3) is 13.0. The highest BCUT2D eigenvalue weighted by molar-refractivity contribution is 6.09. The number of aliphatic carboxylic acids is 1. The fourth-order valence-electron chi connectivity index (χ4n) is 2.51. The molecule has 190 valence electrons. The van der Waals surface area contributed by atoms with E-state index in [1.165, 1.54) is 18.2 Å². The number of ether oxygens (including phenoxy) is 5. The third-order valence-electron chi connectivity index (χ3n) is 4.11. The van der Waals surface area contributed by atoms with Gasteiger partial charge < -0.3 is 34.1 Å². The van der Waals surface area contributed by atoms with Gasteiger partial charge in [0, 0.05) is 23.7 Å². The Morgan fingerprint density at radius 1 is 0.857 bits per heavy atom. The van der Waals surface area contributed by atoms with Crippen LogP contribution in [0.1, 0.15) is 31.1 Å². The van der Waals surface area contributed by atoms with Crippen molar-refractivity contribution < 1.29 is 48.0 Å². The van der Waals surface area contributed by atoms with Gasteiger partial charge in [0.15, 0.2) is 5.78 Å². The van der Waals surface area contributed by atoms with E-state index in [0.29, 0.717) is 45.7 Å². The molecular formula is C24H29NO10. The Labute approximate surface area is 203 Å². The van der Waals surface area contributed by atoms with Crippen LogP contribution in [0.3, 0.4) is 0 Å². The first-order valence-electron chi connectivity index (χ1n) is 10.6. The fourth-order valence-corrected chi connectivity index (χ4v) is 2.51. The Morgan fingerprint density at radius 3 is 1.97 bits per heavy atom. The van der Waals surface area contributed by atoms with Gasteiger partial charge in [-0.1, -0.05) is 5.92 Å². The van der Waals surface area contributed by atoms with Crippen molar-refractivity contribution in [1.29, 1.82) is 0 Å². The second-order valence-electron chi connectivity index (χ2n) is 6.68. The number of rotatable bonds is 18. The van der Waals surface area contributed by atoms with E-state index in [2.05, 4.69) is 16.0 Å². The summed E-state index contributed by atoms with van der Waals surface area (Å²) in [5.41, 5.74) is -0.0225. The Hall–Kier alpha value is -3.56. The molecule has 0 saturated heterocycles. The first-order valence-corrected chi connectivity index (χ1v) is 10.6. The summed E-state index contributed by atoms with van der Waals surface area (Å²) >= 11 is 0. The summed E-state index contributed by atoms with van der Waals surface area (Å²) < 4.78 is 25.7. The van der Waals surface area contributed by atoms with Gasteiger partial charge in [-0.25, -0.2) is 9.59 Å². The lowest BCUT2D eigenvalue weighted by molar-refractivity contribution is -0.131. The summed E-state index contributed by atoms with van der Waals surface area (Å²) in [5, 5.41) is 11.3. The molecule has 11 nitrogen and oxygen atoms in total. The highest BCUT2D eigenvalue weighted by Gasteiger charge is 2.16. The molecule has 0 saturated carbocycles. The number of esters is 1. The van der Waals surface area contributed by atoms with Gasteiger partial charge in [0.05, 0.1) is 58.9 Å². The number of carboxylic acids is 1. The molecule has 1 rings (SSSR count). The lowest BCUT2D eigenvalue weighted by Gasteiger charge is -2.09. The van der Waals surface area contributed by atoms with Gasteiger partial charge in [0.25, 0.3) is 5.91 Å². The summed E-state index contributed by atoms with van der Waals surface area (Å²) in [6.45, 7) is 2.96. The number of allylic oxidation sites excluding steroid dienone is 1. The molecule has 1 aromatic rings. The van der Waals surface area contributed by atoms with Gasteiger partial charge in [-0.05, 0) is 24.3 Å². The van der Waals surface area contributed by atoms with Gasteiger partial charge in [-0.2, -0.15) is 0 Å². The number of hydrogen-bond acceptors (Lipinski definition) is 9. The van der Waals surface area contributed by atoms with Crippen molar-refractivity contribution in [1.82, 2.24) is 5.32 Å². The van der Waals surface area contributed by atoms with Crippen LogP contribution < -0.4 is 5.32 Å². The molecule has 1 amide bonds. The van der Waals surface area contributed by atoms with Gasteiger partial charge in [-0.3, -0.25) is 9.59 Å². The number of benzene rings is 1. The number of carboxylic acid groups (broad SMARTS) is 1. The minimum absolute atomic E-state index is 0.0234. The maximum absolute atomic E-state index is 12.5. The number of hydrogen-bond donors (Lipinski definition) is 2. The van der Waals surface area contributed by atoms with Gasteiger partial charge in [0.2, 0.25) is 0 Å². The zero-order chi connectivity index (χ0) is 25.9. The van der Waals surface area contributed by atoms with Crippen LogP contribution in [0.4, 0.5) is 0 Å². The molecule has 1 aromatic carbocycles. The Kier molecular flexibility index (Phi) is 15.0. The molecule has 0 fully saturated rings. The second-order valence-corrected chi connectivity index (χ2v) is 6.68. The number of carbonyl (C=O) groups is 4. The Bertz CT molecular complexity index is 919. The minimum Gasteiger partial charge on any atom is -0.478 e. The number of carbonyl (C=O) groups excluding carboxylic acids is 3. The number of nitrogens with one attached hydrogen (secondary N) is 1. The Balaban J connectivity index is 2.39. The van der Waals surface area contributed by atoms with Crippen LogP contribution >= 0.6 is 0 Å². The Morgan fingerprint density at radius 2 is 1.40 bits per heavy atom. The molecule has 0 heterocycles. The number of methoxy groups -OCH3 is 1. The molecule has 0 unspecified atom stereocenters. The van der Waals surface area contributed by atoms with Crippen molar-refractivity contribution in [3.63, 3.8) is 0 Å². The average Bonchev–Trinajstić information content (AvgIpc) is 2.86. The minimum atomic E-state index is -1.30. The largest absolute Gasteiger partial charge is 0.478 e. The summed E-state index contributed by atoms with van der Waals surface area (Å²) in [5.74, 6) is -0.924. The maximum atomic E-state index is 12.5. The van der Waals surface area contributed by atoms with Crippen molar-refractivity contribution in [2.45, 2.75) is 0 Å². The summed E-state index contributed by atoms with van der Waals surface area (Å²) in [6, 6.07) is 3.75. The van der Waals surface area contributed by atoms with Crippen LogP contribution in [-0.2, 0) is 28.5 Å². The van der Waals surface area contributed by atoms with E-state index in [1.807, 2.05) is 0 Å². The number of terminal acetylenes is 1. The van der Waals surface area contributed by atoms with Crippen molar-refractivity contribution >= 4 is 23.6 Å². The number of amides is 1. The highest BCUT2D eigenvalue weighted by atomic mass is 16.6. The van der Waals surface area contributed by atoms with Crippen LogP contribution in [0.15, 0.2) is 30.4 Å². The molecule has 0 aliphatic carbocycles. The average molecular weight is 491 g/mol. The first kappa shape index (κ1) is 29.5. The standard InChI is InChI=1S/C24H29NO10/c1-3-7-32-9-11-34-13-14-35-12-10-33-8-6-25-23(29)19-15-18(21(26)4-5-22(27)28)16-20(17-19)24(30)31-2/h1,4-5,15-17H,6-14H2,2H3,(H,25,29)(H,27,28)/b5-4+. The monoisotopic (exact) mass is 491 g/mol. The molecule has 0 atom stereocenters. The van der Waals surface area contributed by atoms with E-state index >= 15 is 0 Å². The first-order chi connectivity index (χ1) is 16.9. The molecule has 0 spiro atoms. The highest BCUT2D eigenvalue weighted by Crippen LogP contribution is 2.13. The van der Waals surface area contributed by atoms with Crippen molar-refractivity contribution in [2.24, 2.45) is 0 Å². The van der Waals surface area contributed by atoms with E-state index in [9.17, 15) is 19.2 Å². The van der Waals surface area contributed by atoms with Crippen LogP contribution in [0, 0.1) is 12.3 Å². The molecule has 0 aliphatic heterocycles. The molecular weight excluding hydrogens is 462 g/mol. The maximum Gasteiger partial charge on any atom is 0.337 e. The summed E-state index contributed by atoms with van der Waals surface area (Å²) in [6.07, 6.45) is 6.55. The molecule has 35 heavy (non-hydrogen) atoms. The van der Waals surface area contributed by atoms with Crippen LogP contribution in [0.5, 0.6) is 0 Å². The lowest BCUT2D eigenvalue weighted by Crippen LogP contribution is -2.28. The predicted octanol–water partition coefficient (Wildman–Crippen LogP) is 0.726. The molecule has 0 radical (unpaired) electrons. The normalized spacial score (nSPS) is 10.6. The zero-order valence-electron chi connectivity index (χ0n) is 19.4. The SMILES string of the molecule is C#CCOCCOCCOCCOCCNC(=O)c1cc(C(=O)/C=C/C(=O)O)cc(C(=O)OC)c1. The molecule has 2 N–H and O–H groups in total. The van der Waals surface area contributed by atoms with Crippen LogP contribution in [0.25, 0.3) is 0 Å². The molecule has 0 bridgehead atoms. The van der Waals surface area contributed by atoms with E-state index in [0.717, 1.165) is 13.2 Å². The van der Waals surface area contributed by atoms with Crippen molar-refractivity contribution in [2.75, 3.05) is 66.5 Å². The third-order valence-corrected chi connectivity index (χ3v) is 4.11. The number of ketones is 1. The smallest absolute Gasteiger partial charge is 0.337 e. The van der Waals surface area contributed by atoms with E-state index in [-0.39, 0.29) is 36.4 Å². The van der Waals surface area contributed by atoms with Gasteiger partial charge >= 0.3 is 11.9 Å². The van der Waals surface area contributed by atoms with Crippen LogP contribution in [0.2, 0.25) is 0 Å². The molecule has 11 heteroatoms. The molecule has 0 aromatic heterocycles. The zero-order valence-corrected chi connectivity index (χ0v) is 19.4. The van der Waals surface area contributed by atoms with E-state index in [4.69, 9.17) is 30.5 Å². The van der Waals surface area contributed by atoms with Gasteiger partial charge in [0.1, 0.15) is 6.61 Å². The van der Waals surface area contributed by atoms with Crippen LogP contribution in [-0.4, -0.2) is 95.2 Å². The topological polar surface area (TPSA) is 147 Å². The second kappa shape index (κ2) is 17.9. The fraction of sp³-hybridized carbons (Fsp3) is 0.417. The molecule has 0 aliphatic rings. The predicted molar refractivity (Wildman–Crippen MR) is 123 cm³/mol. The van der Waals surface area contributed by atoms with Crippen molar-refractivity contribution in [3.8, 4) is 12.3 Å².